The van der Waals surface area contributed by atoms with E-state index >= 15 is 0 Å². The number of nitrogens with zero attached hydrogens (tertiary/aromatic N) is 6. The molecule has 0 radical (unpaired) electrons. The first-order valence-electron chi connectivity index (χ1n) is 11.0. The number of aromatic nitrogens is 4. The third-order valence-corrected chi connectivity index (χ3v) is 6.39. The van der Waals surface area contributed by atoms with Gasteiger partial charge in [0, 0.05) is 68.7 Å². The predicted molar refractivity (Wildman–Crippen MR) is 115 cm³/mol. The predicted octanol–water partition coefficient (Wildman–Crippen LogP) is 2.23. The van der Waals surface area contributed by atoms with E-state index in [1.54, 1.807) is 6.20 Å². The van der Waals surface area contributed by atoms with Crippen molar-refractivity contribution in [3.05, 3.63) is 35.3 Å². The summed E-state index contributed by atoms with van der Waals surface area (Å²) < 4.78 is 7.52. The zero-order valence-corrected chi connectivity index (χ0v) is 18.3. The number of amides is 1. The minimum atomic E-state index is 0.219. The van der Waals surface area contributed by atoms with E-state index in [1.807, 2.05) is 22.6 Å². The fourth-order valence-corrected chi connectivity index (χ4v) is 4.30. The van der Waals surface area contributed by atoms with E-state index in [0.29, 0.717) is 18.9 Å². The van der Waals surface area contributed by atoms with Crippen molar-refractivity contribution in [2.45, 2.75) is 52.5 Å². The average molecular weight is 413 g/mol. The number of imidazole rings is 1. The Balaban J connectivity index is 1.37. The number of hydrogen-bond donors (Lipinski definition) is 0. The molecule has 2 aromatic heterocycles. The van der Waals surface area contributed by atoms with E-state index in [4.69, 9.17) is 14.7 Å². The first-order valence-corrected chi connectivity index (χ1v) is 11.0. The Morgan fingerprint density at radius 2 is 1.83 bits per heavy atom. The van der Waals surface area contributed by atoms with Gasteiger partial charge in [0.1, 0.15) is 17.5 Å². The van der Waals surface area contributed by atoms with Gasteiger partial charge in [-0.3, -0.25) is 4.79 Å². The smallest absolute Gasteiger partial charge is 0.224 e. The molecule has 0 saturated carbocycles. The lowest BCUT2D eigenvalue weighted by molar-refractivity contribution is -0.132. The molecule has 8 nitrogen and oxygen atoms in total. The SMILES string of the molecule is Cc1nc(C2CCN(C(=O)CCn3ccnc3C)CC2)nc(N2CCOCC2)c1C. The number of piperidine rings is 1. The summed E-state index contributed by atoms with van der Waals surface area (Å²) in [6.45, 7) is 11.6. The van der Waals surface area contributed by atoms with Gasteiger partial charge >= 0.3 is 0 Å². The number of anilines is 1. The highest BCUT2D eigenvalue weighted by molar-refractivity contribution is 5.76. The molecule has 0 unspecified atom stereocenters. The summed E-state index contributed by atoms with van der Waals surface area (Å²) in [4.78, 5) is 31.0. The molecular weight excluding hydrogens is 380 g/mol. The van der Waals surface area contributed by atoms with Crippen molar-refractivity contribution in [3.8, 4) is 0 Å². The van der Waals surface area contributed by atoms with Crippen molar-refractivity contribution >= 4 is 11.7 Å². The van der Waals surface area contributed by atoms with Gasteiger partial charge in [0.15, 0.2) is 0 Å². The Morgan fingerprint density at radius 3 is 2.50 bits per heavy atom. The third kappa shape index (κ3) is 4.48. The van der Waals surface area contributed by atoms with E-state index in [0.717, 1.165) is 81.0 Å². The van der Waals surface area contributed by atoms with E-state index < -0.39 is 0 Å². The van der Waals surface area contributed by atoms with Gasteiger partial charge in [-0.2, -0.15) is 0 Å². The minimum absolute atomic E-state index is 0.219. The molecule has 2 fully saturated rings. The van der Waals surface area contributed by atoms with Crippen LogP contribution in [-0.2, 0) is 16.1 Å². The van der Waals surface area contributed by atoms with Crippen LogP contribution in [0, 0.1) is 20.8 Å². The first kappa shape index (κ1) is 20.8. The van der Waals surface area contributed by atoms with Gasteiger partial charge in [-0.05, 0) is 33.6 Å². The molecule has 0 aliphatic carbocycles. The molecule has 4 heterocycles. The molecule has 2 aromatic rings. The molecule has 162 valence electrons. The van der Waals surface area contributed by atoms with Crippen LogP contribution in [0.5, 0.6) is 0 Å². The van der Waals surface area contributed by atoms with Crippen molar-refractivity contribution in [3.63, 3.8) is 0 Å². The maximum atomic E-state index is 12.6. The number of carbonyl (C=O) groups is 1. The molecule has 2 aliphatic rings. The largest absolute Gasteiger partial charge is 0.378 e. The number of aryl methyl sites for hydroxylation is 3. The van der Waals surface area contributed by atoms with Crippen LogP contribution in [0.2, 0.25) is 0 Å². The van der Waals surface area contributed by atoms with Gasteiger partial charge in [0.2, 0.25) is 5.91 Å². The second-order valence-electron chi connectivity index (χ2n) is 8.29. The minimum Gasteiger partial charge on any atom is -0.378 e. The third-order valence-electron chi connectivity index (χ3n) is 6.39. The van der Waals surface area contributed by atoms with Crippen LogP contribution < -0.4 is 4.90 Å². The van der Waals surface area contributed by atoms with E-state index in [2.05, 4.69) is 23.7 Å². The van der Waals surface area contributed by atoms with Crippen LogP contribution >= 0.6 is 0 Å². The molecule has 0 N–H and O–H groups in total. The highest BCUT2D eigenvalue weighted by atomic mass is 16.5. The van der Waals surface area contributed by atoms with Crippen molar-refractivity contribution in [1.29, 1.82) is 0 Å². The quantitative estimate of drug-likeness (QED) is 0.750. The number of ether oxygens (including phenoxy) is 1. The van der Waals surface area contributed by atoms with Gasteiger partial charge in [-0.1, -0.05) is 0 Å². The van der Waals surface area contributed by atoms with Crippen LogP contribution in [0.25, 0.3) is 0 Å². The molecule has 0 aromatic carbocycles. The van der Waals surface area contributed by atoms with Gasteiger partial charge in [0.05, 0.1) is 13.2 Å². The average Bonchev–Trinajstić information content (AvgIpc) is 3.19. The second-order valence-corrected chi connectivity index (χ2v) is 8.29. The van der Waals surface area contributed by atoms with E-state index in [-0.39, 0.29) is 5.91 Å². The first-order chi connectivity index (χ1) is 14.5. The van der Waals surface area contributed by atoms with Crippen molar-refractivity contribution in [1.82, 2.24) is 24.4 Å². The number of morpholine rings is 1. The van der Waals surface area contributed by atoms with Gasteiger partial charge < -0.3 is 19.1 Å². The molecule has 8 heteroatoms. The molecule has 1 amide bonds. The second kappa shape index (κ2) is 9.12. The Kier molecular flexibility index (Phi) is 6.32. The Labute approximate surface area is 178 Å². The number of carbonyl (C=O) groups excluding carboxylic acids is 1. The van der Waals surface area contributed by atoms with Gasteiger partial charge in [0.25, 0.3) is 0 Å². The fraction of sp³-hybridized carbons (Fsp3) is 0.636. The number of hydrogen-bond acceptors (Lipinski definition) is 6. The molecule has 4 rings (SSSR count). The monoisotopic (exact) mass is 412 g/mol. The lowest BCUT2D eigenvalue weighted by Crippen LogP contribution is -2.39. The molecule has 0 spiro atoms. The van der Waals surface area contributed by atoms with Crippen molar-refractivity contribution in [2.24, 2.45) is 0 Å². The van der Waals surface area contributed by atoms with Crippen molar-refractivity contribution in [2.75, 3.05) is 44.3 Å². The number of rotatable bonds is 5. The fourth-order valence-electron chi connectivity index (χ4n) is 4.30. The van der Waals surface area contributed by atoms with Crippen LogP contribution in [0.4, 0.5) is 5.82 Å². The van der Waals surface area contributed by atoms with Gasteiger partial charge in [-0.15, -0.1) is 0 Å². The summed E-state index contributed by atoms with van der Waals surface area (Å²) in [6.07, 6.45) is 6.06. The molecule has 2 aliphatic heterocycles. The maximum Gasteiger partial charge on any atom is 0.224 e. The Morgan fingerprint density at radius 1 is 1.10 bits per heavy atom. The summed E-state index contributed by atoms with van der Waals surface area (Å²) in [6, 6.07) is 0. The normalized spacial score (nSPS) is 18.1. The summed E-state index contributed by atoms with van der Waals surface area (Å²) in [5, 5.41) is 0. The van der Waals surface area contributed by atoms with Crippen LogP contribution in [0.3, 0.4) is 0 Å². The molecule has 2 saturated heterocycles. The highest BCUT2D eigenvalue weighted by Gasteiger charge is 2.27. The molecule has 0 bridgehead atoms. The Bertz CT molecular complexity index is 882. The summed E-state index contributed by atoms with van der Waals surface area (Å²) in [5.41, 5.74) is 2.21. The number of likely N-dealkylation sites (tertiary alicyclic amines) is 1. The van der Waals surface area contributed by atoms with Crippen LogP contribution in [0.15, 0.2) is 12.4 Å². The summed E-state index contributed by atoms with van der Waals surface area (Å²) in [5.74, 6) is 3.46. The Hall–Kier alpha value is -2.48. The van der Waals surface area contributed by atoms with Gasteiger partial charge in [-0.25, -0.2) is 15.0 Å². The molecular formula is C22H32N6O2. The zero-order chi connectivity index (χ0) is 21.1. The van der Waals surface area contributed by atoms with E-state index in [1.165, 1.54) is 0 Å². The van der Waals surface area contributed by atoms with Crippen molar-refractivity contribution < 1.29 is 9.53 Å². The highest BCUT2D eigenvalue weighted by Crippen LogP contribution is 2.29. The summed E-state index contributed by atoms with van der Waals surface area (Å²) >= 11 is 0. The lowest BCUT2D eigenvalue weighted by Gasteiger charge is -2.33. The molecule has 30 heavy (non-hydrogen) atoms. The van der Waals surface area contributed by atoms with Crippen LogP contribution in [0.1, 0.15) is 48.1 Å². The zero-order valence-electron chi connectivity index (χ0n) is 18.3. The van der Waals surface area contributed by atoms with Crippen LogP contribution in [-0.4, -0.2) is 69.7 Å². The maximum absolute atomic E-state index is 12.6. The summed E-state index contributed by atoms with van der Waals surface area (Å²) in [7, 11) is 0. The topological polar surface area (TPSA) is 76.4 Å². The lowest BCUT2D eigenvalue weighted by atomic mass is 9.95. The standard InChI is InChI=1S/C22H32N6O2/c1-16-17(2)24-21(25-22(16)28-12-14-30-15-13-28)19-4-8-27(9-5-19)20(29)6-10-26-11-7-23-18(26)3/h7,11,19H,4-6,8-10,12-15H2,1-3H3. The molecule has 0 atom stereocenters. The van der Waals surface area contributed by atoms with E-state index in [9.17, 15) is 4.79 Å².